The Hall–Kier alpha value is -4.78. The lowest BCUT2D eigenvalue weighted by Crippen LogP contribution is -2.34. The Morgan fingerprint density at radius 2 is 1.57 bits per heavy atom. The van der Waals surface area contributed by atoms with Crippen molar-refractivity contribution in [3.8, 4) is 5.69 Å². The summed E-state index contributed by atoms with van der Waals surface area (Å²) in [4.78, 5) is 32.6. The van der Waals surface area contributed by atoms with Gasteiger partial charge in [0.2, 0.25) is 0 Å². The van der Waals surface area contributed by atoms with Gasteiger partial charge >= 0.3 is 6.03 Å². The molecule has 0 aliphatic rings. The normalized spacial score (nSPS) is 10.8. The van der Waals surface area contributed by atoms with Crippen molar-refractivity contribution in [2.75, 3.05) is 10.2 Å². The van der Waals surface area contributed by atoms with E-state index in [2.05, 4.69) is 10.3 Å². The Morgan fingerprint density at radius 1 is 0.914 bits per heavy atom. The number of pyridine rings is 2. The van der Waals surface area contributed by atoms with Crippen LogP contribution < -0.4 is 15.6 Å². The van der Waals surface area contributed by atoms with E-state index in [9.17, 15) is 14.0 Å². The first kappa shape index (κ1) is 22.0. The average Bonchev–Trinajstić information content (AvgIpc) is 2.87. The summed E-state index contributed by atoms with van der Waals surface area (Å²) in [5, 5.41) is 3.26. The van der Waals surface area contributed by atoms with Crippen LogP contribution >= 0.6 is 0 Å². The Labute approximate surface area is 200 Å². The fourth-order valence-corrected chi connectivity index (χ4v) is 3.96. The predicted octanol–water partition coefficient (Wildman–Crippen LogP) is 6.20. The van der Waals surface area contributed by atoms with Crippen LogP contribution in [0.4, 0.5) is 26.4 Å². The van der Waals surface area contributed by atoms with E-state index < -0.39 is 11.8 Å². The quantitative estimate of drug-likeness (QED) is 0.344. The molecule has 0 saturated heterocycles. The van der Waals surface area contributed by atoms with E-state index in [0.29, 0.717) is 28.1 Å². The van der Waals surface area contributed by atoms with Gasteiger partial charge in [0.25, 0.3) is 0 Å². The van der Waals surface area contributed by atoms with Crippen LogP contribution in [0.3, 0.4) is 0 Å². The predicted molar refractivity (Wildman–Crippen MR) is 136 cm³/mol. The van der Waals surface area contributed by atoms with Gasteiger partial charge in [-0.3, -0.25) is 14.3 Å². The largest absolute Gasteiger partial charge is 0.332 e. The minimum Gasteiger partial charge on any atom is -0.307 e. The Morgan fingerprint density at radius 3 is 2.26 bits per heavy atom. The van der Waals surface area contributed by atoms with Gasteiger partial charge in [-0.1, -0.05) is 36.4 Å². The minimum atomic E-state index is -0.503. The molecule has 7 heteroatoms. The molecule has 1 N–H and O–H groups in total. The molecule has 0 saturated carbocycles. The second-order valence-electron chi connectivity index (χ2n) is 7.99. The number of benzene rings is 3. The molecule has 2 amide bonds. The van der Waals surface area contributed by atoms with Gasteiger partial charge in [0.05, 0.1) is 16.6 Å². The van der Waals surface area contributed by atoms with E-state index in [1.54, 1.807) is 18.3 Å². The van der Waals surface area contributed by atoms with Gasteiger partial charge in [-0.15, -0.1) is 0 Å². The summed E-state index contributed by atoms with van der Waals surface area (Å²) in [5.41, 5.74) is 2.86. The Balaban J connectivity index is 1.77. The summed E-state index contributed by atoms with van der Waals surface area (Å²) >= 11 is 0. The van der Waals surface area contributed by atoms with E-state index in [1.165, 1.54) is 35.2 Å². The van der Waals surface area contributed by atoms with Crippen molar-refractivity contribution < 1.29 is 9.18 Å². The third-order valence-electron chi connectivity index (χ3n) is 5.57. The van der Waals surface area contributed by atoms with Gasteiger partial charge in [-0.05, 0) is 61.5 Å². The van der Waals surface area contributed by atoms with E-state index >= 15 is 0 Å². The van der Waals surface area contributed by atoms with Crippen molar-refractivity contribution in [3.05, 3.63) is 125 Å². The number of anilines is 3. The number of aryl methyl sites for hydroxylation is 1. The zero-order valence-electron chi connectivity index (χ0n) is 18.9. The number of fused-ring (bicyclic) bond motifs is 1. The summed E-state index contributed by atoms with van der Waals surface area (Å²) in [5.74, 6) is -0.0514. The van der Waals surface area contributed by atoms with Crippen LogP contribution in [0.2, 0.25) is 0 Å². The van der Waals surface area contributed by atoms with Crippen molar-refractivity contribution in [2.24, 2.45) is 0 Å². The van der Waals surface area contributed by atoms with Gasteiger partial charge in [0.1, 0.15) is 11.6 Å². The van der Waals surface area contributed by atoms with Gasteiger partial charge in [-0.25, -0.2) is 14.1 Å². The van der Waals surface area contributed by atoms with E-state index in [1.807, 2.05) is 66.1 Å². The summed E-state index contributed by atoms with van der Waals surface area (Å²) in [6, 6.07) is 26.8. The highest BCUT2D eigenvalue weighted by atomic mass is 19.1. The molecule has 0 fully saturated rings. The number of nitrogens with zero attached hydrogens (tertiary/aromatic N) is 3. The Bertz CT molecular complexity index is 1570. The third kappa shape index (κ3) is 4.39. The van der Waals surface area contributed by atoms with Crippen molar-refractivity contribution in [2.45, 2.75) is 6.92 Å². The maximum Gasteiger partial charge on any atom is 0.332 e. The number of para-hydroxylation sites is 2. The third-order valence-corrected chi connectivity index (χ3v) is 5.57. The number of aromatic nitrogens is 2. The van der Waals surface area contributed by atoms with E-state index in [-0.39, 0.29) is 5.43 Å². The van der Waals surface area contributed by atoms with Crippen LogP contribution in [0.25, 0.3) is 16.6 Å². The van der Waals surface area contributed by atoms with Crippen LogP contribution in [-0.2, 0) is 0 Å². The molecule has 0 unspecified atom stereocenters. The average molecular weight is 465 g/mol. The number of urea groups is 1. The van der Waals surface area contributed by atoms with Crippen molar-refractivity contribution in [1.29, 1.82) is 0 Å². The van der Waals surface area contributed by atoms with Crippen LogP contribution in [0.1, 0.15) is 5.69 Å². The van der Waals surface area contributed by atoms with Gasteiger partial charge in [0, 0.05) is 29.3 Å². The molecule has 6 nitrogen and oxygen atoms in total. The van der Waals surface area contributed by atoms with Crippen LogP contribution in [0.15, 0.2) is 108 Å². The molecule has 2 aromatic heterocycles. The van der Waals surface area contributed by atoms with Crippen molar-refractivity contribution >= 4 is 34.1 Å². The first-order valence-corrected chi connectivity index (χ1v) is 11.0. The summed E-state index contributed by atoms with van der Waals surface area (Å²) < 4.78 is 15.3. The highest BCUT2D eigenvalue weighted by Gasteiger charge is 2.24. The topological polar surface area (TPSA) is 67.2 Å². The lowest BCUT2D eigenvalue weighted by molar-refractivity contribution is 0.259. The fraction of sp³-hybridized carbons (Fsp3) is 0.0357. The van der Waals surface area contributed by atoms with E-state index in [0.717, 1.165) is 11.4 Å². The SMILES string of the molecule is Cc1cc2c(cn1)c(=O)cc(N(C(=O)Nc1ccc(F)cc1)c1ccccc1)n2-c1ccccc1. The molecule has 0 atom stereocenters. The number of halogens is 1. The maximum absolute atomic E-state index is 13.7. The minimum absolute atomic E-state index is 0.259. The molecule has 0 aliphatic carbocycles. The lowest BCUT2D eigenvalue weighted by atomic mass is 10.2. The molecule has 3 aromatic carbocycles. The standard InChI is InChI=1S/C28H21FN4O2/c1-19-16-25-24(18-30-19)26(34)17-27(32(25)22-8-4-2-5-9-22)33(23-10-6-3-7-11-23)28(35)31-21-14-12-20(29)13-15-21/h2-18H,1H3,(H,31,35). The second-order valence-corrected chi connectivity index (χ2v) is 7.99. The molecule has 35 heavy (non-hydrogen) atoms. The zero-order chi connectivity index (χ0) is 24.4. The van der Waals surface area contributed by atoms with E-state index in [4.69, 9.17) is 0 Å². The molecular weight excluding hydrogens is 443 g/mol. The number of carbonyl (C=O) groups excluding carboxylic acids is 1. The fourth-order valence-electron chi connectivity index (χ4n) is 3.96. The van der Waals surface area contributed by atoms with Gasteiger partial charge in [0.15, 0.2) is 5.43 Å². The number of rotatable bonds is 4. The molecule has 0 radical (unpaired) electrons. The summed E-state index contributed by atoms with van der Waals surface area (Å²) in [6.45, 7) is 1.85. The highest BCUT2D eigenvalue weighted by molar-refractivity contribution is 6.07. The summed E-state index contributed by atoms with van der Waals surface area (Å²) in [6.07, 6.45) is 1.56. The molecule has 5 aromatic rings. The summed E-state index contributed by atoms with van der Waals surface area (Å²) in [7, 11) is 0. The Kier molecular flexibility index (Phi) is 5.81. The number of amides is 2. The zero-order valence-corrected chi connectivity index (χ0v) is 18.9. The van der Waals surface area contributed by atoms with Gasteiger partial charge in [-0.2, -0.15) is 0 Å². The number of nitrogens with one attached hydrogen (secondary N) is 1. The number of carbonyl (C=O) groups is 1. The highest BCUT2D eigenvalue weighted by Crippen LogP contribution is 2.31. The number of hydrogen-bond donors (Lipinski definition) is 1. The molecule has 5 rings (SSSR count). The molecule has 0 bridgehead atoms. The molecule has 0 aliphatic heterocycles. The first-order valence-electron chi connectivity index (χ1n) is 11.0. The van der Waals surface area contributed by atoms with Crippen LogP contribution in [-0.4, -0.2) is 15.6 Å². The second kappa shape index (κ2) is 9.23. The molecular formula is C28H21FN4O2. The monoisotopic (exact) mass is 464 g/mol. The van der Waals surface area contributed by atoms with Gasteiger partial charge < -0.3 is 5.32 Å². The smallest absolute Gasteiger partial charge is 0.307 e. The van der Waals surface area contributed by atoms with Crippen LogP contribution in [0.5, 0.6) is 0 Å². The molecule has 2 heterocycles. The molecule has 172 valence electrons. The van der Waals surface area contributed by atoms with Crippen LogP contribution in [0, 0.1) is 12.7 Å². The number of hydrogen-bond acceptors (Lipinski definition) is 3. The molecule has 0 spiro atoms. The van der Waals surface area contributed by atoms with Crippen molar-refractivity contribution in [1.82, 2.24) is 9.55 Å². The maximum atomic E-state index is 13.7. The lowest BCUT2D eigenvalue weighted by Gasteiger charge is -2.28. The van der Waals surface area contributed by atoms with Crippen molar-refractivity contribution in [3.63, 3.8) is 0 Å². The first-order chi connectivity index (χ1) is 17.0.